The van der Waals surface area contributed by atoms with Gasteiger partial charge < -0.3 is 5.11 Å². The molecule has 4 heteroatoms. The second kappa shape index (κ2) is 5.61. The predicted molar refractivity (Wildman–Crippen MR) is 73.7 cm³/mol. The van der Waals surface area contributed by atoms with Crippen molar-refractivity contribution in [2.75, 3.05) is 0 Å². The third-order valence-corrected chi connectivity index (χ3v) is 4.85. The number of rotatable bonds is 1. The summed E-state index contributed by atoms with van der Waals surface area (Å²) in [5.74, 6) is 0.181. The third kappa shape index (κ3) is 2.55. The molecule has 4 nitrogen and oxygen atoms in total. The fourth-order valence-electron chi connectivity index (χ4n) is 3.70. The van der Waals surface area contributed by atoms with Crippen molar-refractivity contribution in [1.82, 2.24) is 5.01 Å². The average Bonchev–Trinajstić information content (AvgIpc) is 2.63. The first kappa shape index (κ1) is 13.1. The molecule has 0 aromatic heterocycles. The molecule has 19 heavy (non-hydrogen) atoms. The summed E-state index contributed by atoms with van der Waals surface area (Å²) in [7, 11) is 0. The maximum atomic E-state index is 12.5. The van der Waals surface area contributed by atoms with Crippen LogP contribution in [0.1, 0.15) is 64.2 Å². The number of nitrogens with zero attached hydrogens (tertiary/aromatic N) is 2. The van der Waals surface area contributed by atoms with Crippen LogP contribution in [0.4, 0.5) is 0 Å². The molecule has 1 heterocycles. The van der Waals surface area contributed by atoms with Crippen LogP contribution in [0.3, 0.4) is 0 Å². The third-order valence-electron chi connectivity index (χ3n) is 4.85. The van der Waals surface area contributed by atoms with Gasteiger partial charge in [0.2, 0.25) is 0 Å². The highest BCUT2D eigenvalue weighted by atomic mass is 16.3. The lowest BCUT2D eigenvalue weighted by Gasteiger charge is -2.28. The maximum absolute atomic E-state index is 12.5. The minimum atomic E-state index is -0.391. The quantitative estimate of drug-likeness (QED) is 0.740. The molecule has 2 saturated carbocycles. The Kier molecular flexibility index (Phi) is 3.87. The molecule has 3 unspecified atom stereocenters. The predicted octanol–water partition coefficient (Wildman–Crippen LogP) is 2.46. The van der Waals surface area contributed by atoms with E-state index in [0.717, 1.165) is 63.5 Å². The van der Waals surface area contributed by atoms with Gasteiger partial charge in [-0.15, -0.1) is 0 Å². The van der Waals surface area contributed by atoms with Crippen LogP contribution < -0.4 is 0 Å². The van der Waals surface area contributed by atoms with Gasteiger partial charge in [0.25, 0.3) is 5.91 Å². The minimum Gasteiger partial charge on any atom is -0.391 e. The molecule has 0 aromatic carbocycles. The number of carbonyl (C=O) groups is 1. The first-order valence-corrected chi connectivity index (χ1v) is 7.86. The van der Waals surface area contributed by atoms with E-state index in [1.807, 2.05) is 0 Å². The van der Waals surface area contributed by atoms with Gasteiger partial charge in [0, 0.05) is 0 Å². The van der Waals surface area contributed by atoms with Crippen LogP contribution in [-0.2, 0) is 4.79 Å². The van der Waals surface area contributed by atoms with Gasteiger partial charge in [-0.2, -0.15) is 5.10 Å². The molecular formula is C15H24N2O2. The van der Waals surface area contributed by atoms with Crippen molar-refractivity contribution in [2.24, 2.45) is 11.0 Å². The summed E-state index contributed by atoms with van der Waals surface area (Å²) in [5.41, 5.74) is 1.08. The zero-order chi connectivity index (χ0) is 13.2. The largest absolute Gasteiger partial charge is 0.391 e. The standard InChI is InChI=1S/C15H24N2O2/c18-14-10-6-2-5-9-13(14)17-15(19)11-7-3-1-4-8-12(11)16-17/h11,13-14,18H,1-10H2. The fraction of sp³-hybridized carbons (Fsp3) is 0.867. The summed E-state index contributed by atoms with van der Waals surface area (Å²) in [6.07, 6.45) is 10.1. The zero-order valence-electron chi connectivity index (χ0n) is 11.6. The van der Waals surface area contributed by atoms with Crippen molar-refractivity contribution in [3.63, 3.8) is 0 Å². The summed E-state index contributed by atoms with van der Waals surface area (Å²) < 4.78 is 0. The second-order valence-corrected chi connectivity index (χ2v) is 6.20. The van der Waals surface area contributed by atoms with E-state index in [9.17, 15) is 9.90 Å². The zero-order valence-corrected chi connectivity index (χ0v) is 11.6. The number of aliphatic hydroxyl groups excluding tert-OH is 1. The van der Waals surface area contributed by atoms with Crippen LogP contribution in [-0.4, -0.2) is 33.9 Å². The lowest BCUT2D eigenvalue weighted by Crippen LogP contribution is -2.43. The smallest absolute Gasteiger partial charge is 0.251 e. The van der Waals surface area contributed by atoms with Crippen molar-refractivity contribution in [1.29, 1.82) is 0 Å². The lowest BCUT2D eigenvalue weighted by atomic mass is 9.97. The van der Waals surface area contributed by atoms with Gasteiger partial charge in [0.1, 0.15) is 0 Å². The topological polar surface area (TPSA) is 52.9 Å². The van der Waals surface area contributed by atoms with E-state index < -0.39 is 6.10 Å². The van der Waals surface area contributed by atoms with E-state index in [0.29, 0.717) is 0 Å². The van der Waals surface area contributed by atoms with Gasteiger partial charge >= 0.3 is 0 Å². The SMILES string of the molecule is O=C1C2CCCCCC2=NN1C1CCCCCC1O. The molecule has 3 atom stereocenters. The Morgan fingerprint density at radius 1 is 1.00 bits per heavy atom. The Hall–Kier alpha value is -0.900. The Labute approximate surface area is 114 Å². The first-order valence-electron chi connectivity index (χ1n) is 7.86. The Morgan fingerprint density at radius 2 is 1.74 bits per heavy atom. The van der Waals surface area contributed by atoms with Crippen LogP contribution in [0.5, 0.6) is 0 Å². The van der Waals surface area contributed by atoms with Gasteiger partial charge in [-0.3, -0.25) is 4.79 Å². The highest BCUT2D eigenvalue weighted by Crippen LogP contribution is 2.32. The van der Waals surface area contributed by atoms with E-state index >= 15 is 0 Å². The molecule has 0 bridgehead atoms. The number of hydrogen-bond donors (Lipinski definition) is 1. The molecule has 2 fully saturated rings. The first-order chi connectivity index (χ1) is 9.27. The number of hydrogen-bond acceptors (Lipinski definition) is 3. The molecule has 0 aromatic rings. The molecule has 3 aliphatic rings. The molecule has 3 rings (SSSR count). The van der Waals surface area contributed by atoms with Gasteiger partial charge in [-0.05, 0) is 32.1 Å². The Morgan fingerprint density at radius 3 is 2.63 bits per heavy atom. The Balaban J connectivity index is 1.79. The van der Waals surface area contributed by atoms with E-state index in [-0.39, 0.29) is 17.9 Å². The summed E-state index contributed by atoms with van der Waals surface area (Å²) in [4.78, 5) is 12.5. The van der Waals surface area contributed by atoms with Crippen molar-refractivity contribution < 1.29 is 9.90 Å². The van der Waals surface area contributed by atoms with E-state index in [2.05, 4.69) is 5.10 Å². The summed E-state index contributed by atoms with van der Waals surface area (Å²) in [5, 5.41) is 16.5. The highest BCUT2D eigenvalue weighted by Gasteiger charge is 2.41. The highest BCUT2D eigenvalue weighted by molar-refractivity contribution is 6.08. The van der Waals surface area contributed by atoms with E-state index in [1.165, 1.54) is 6.42 Å². The minimum absolute atomic E-state index is 0.0259. The van der Waals surface area contributed by atoms with Crippen molar-refractivity contribution in [3.8, 4) is 0 Å². The van der Waals surface area contributed by atoms with Crippen LogP contribution in [0, 0.1) is 5.92 Å². The monoisotopic (exact) mass is 264 g/mol. The number of fused-ring (bicyclic) bond motifs is 1. The van der Waals surface area contributed by atoms with Gasteiger partial charge in [-0.1, -0.05) is 32.1 Å². The molecule has 1 amide bonds. The normalized spacial score (nSPS) is 36.5. The number of hydrazone groups is 1. The van der Waals surface area contributed by atoms with Crippen LogP contribution in [0.25, 0.3) is 0 Å². The van der Waals surface area contributed by atoms with Gasteiger partial charge in [-0.25, -0.2) is 5.01 Å². The van der Waals surface area contributed by atoms with Crippen LogP contribution in [0.15, 0.2) is 5.10 Å². The Bertz CT molecular complexity index is 380. The summed E-state index contributed by atoms with van der Waals surface area (Å²) in [6.45, 7) is 0. The molecule has 0 radical (unpaired) electrons. The summed E-state index contributed by atoms with van der Waals surface area (Å²) in [6, 6.07) is -0.0746. The van der Waals surface area contributed by atoms with Crippen molar-refractivity contribution in [3.05, 3.63) is 0 Å². The van der Waals surface area contributed by atoms with Crippen LogP contribution in [0.2, 0.25) is 0 Å². The number of carbonyl (C=O) groups excluding carboxylic acids is 1. The molecule has 106 valence electrons. The van der Waals surface area contributed by atoms with Crippen LogP contribution >= 0.6 is 0 Å². The maximum Gasteiger partial charge on any atom is 0.251 e. The van der Waals surface area contributed by atoms with E-state index in [1.54, 1.807) is 5.01 Å². The molecule has 0 spiro atoms. The van der Waals surface area contributed by atoms with Gasteiger partial charge in [0.05, 0.1) is 23.8 Å². The molecule has 2 aliphatic carbocycles. The van der Waals surface area contributed by atoms with Crippen molar-refractivity contribution in [2.45, 2.75) is 76.4 Å². The number of aliphatic hydroxyl groups is 1. The van der Waals surface area contributed by atoms with Crippen molar-refractivity contribution >= 4 is 11.6 Å². The lowest BCUT2D eigenvalue weighted by molar-refractivity contribution is -0.136. The fourth-order valence-corrected chi connectivity index (χ4v) is 3.70. The average molecular weight is 264 g/mol. The van der Waals surface area contributed by atoms with Gasteiger partial charge in [0.15, 0.2) is 0 Å². The second-order valence-electron chi connectivity index (χ2n) is 6.20. The summed E-state index contributed by atoms with van der Waals surface area (Å²) >= 11 is 0. The molecule has 1 aliphatic heterocycles. The van der Waals surface area contributed by atoms with E-state index in [4.69, 9.17) is 0 Å². The molecular weight excluding hydrogens is 240 g/mol. The number of amides is 1. The molecule has 1 N–H and O–H groups in total. The molecule has 0 saturated heterocycles.